The van der Waals surface area contributed by atoms with Gasteiger partial charge in [0.15, 0.2) is 0 Å². The monoisotopic (exact) mass is 332 g/mol. The van der Waals surface area contributed by atoms with Crippen molar-refractivity contribution in [1.29, 1.82) is 0 Å². The minimum Gasteiger partial charge on any atom is -0.382 e. The second-order valence-electron chi connectivity index (χ2n) is 6.80. The van der Waals surface area contributed by atoms with Crippen LogP contribution in [0.5, 0.6) is 0 Å². The van der Waals surface area contributed by atoms with Crippen LogP contribution in [0.25, 0.3) is 0 Å². The molecule has 0 aromatic heterocycles. The Morgan fingerprint density at radius 1 is 1.33 bits per heavy atom. The Balaban J connectivity index is 1.41. The van der Waals surface area contributed by atoms with E-state index in [-0.39, 0.29) is 11.7 Å². The van der Waals surface area contributed by atoms with Crippen molar-refractivity contribution in [3.05, 3.63) is 35.6 Å². The highest BCUT2D eigenvalue weighted by Crippen LogP contribution is 2.31. The topological polar surface area (TPSA) is 51.1 Å². The van der Waals surface area contributed by atoms with Crippen LogP contribution in [0.4, 0.5) is 4.39 Å². The van der Waals surface area contributed by atoms with Gasteiger partial charge in [-0.2, -0.15) is 0 Å². The summed E-state index contributed by atoms with van der Waals surface area (Å²) in [6.07, 6.45) is 2.93. The van der Waals surface area contributed by atoms with Crippen LogP contribution in [0.15, 0.2) is 29.4 Å². The molecule has 128 valence electrons. The summed E-state index contributed by atoms with van der Waals surface area (Å²) in [5, 5.41) is 4.02. The third kappa shape index (κ3) is 3.29. The van der Waals surface area contributed by atoms with Gasteiger partial charge in [-0.25, -0.2) is 4.39 Å². The molecule has 1 saturated heterocycles. The molecule has 24 heavy (non-hydrogen) atoms. The first-order valence-electron chi connectivity index (χ1n) is 8.57. The molecule has 6 heteroatoms. The van der Waals surface area contributed by atoms with E-state index in [1.54, 1.807) is 12.1 Å². The standard InChI is InChI=1S/C18H21FN2O3/c19-14-3-1-2-13(8-14)16-9-17(24-20-16)18(22)21(15-4-5-15)10-12-6-7-23-11-12/h1-3,8,12,15,17H,4-7,9-11H2/t12-,17-/m0/s1. The molecule has 1 aliphatic carbocycles. The van der Waals surface area contributed by atoms with Crippen molar-refractivity contribution in [2.75, 3.05) is 19.8 Å². The summed E-state index contributed by atoms with van der Waals surface area (Å²) in [4.78, 5) is 20.2. The average molecular weight is 332 g/mol. The van der Waals surface area contributed by atoms with Crippen molar-refractivity contribution in [1.82, 2.24) is 4.90 Å². The highest BCUT2D eigenvalue weighted by Gasteiger charge is 2.40. The number of carbonyl (C=O) groups is 1. The summed E-state index contributed by atoms with van der Waals surface area (Å²) in [5.41, 5.74) is 1.31. The fourth-order valence-corrected chi connectivity index (χ4v) is 3.34. The molecule has 4 rings (SSSR count). The molecule has 1 aromatic rings. The molecular formula is C18H21FN2O3. The predicted molar refractivity (Wildman–Crippen MR) is 86.1 cm³/mol. The van der Waals surface area contributed by atoms with Crippen molar-refractivity contribution in [2.45, 2.75) is 37.8 Å². The van der Waals surface area contributed by atoms with Crippen LogP contribution in [0.1, 0.15) is 31.2 Å². The van der Waals surface area contributed by atoms with E-state index in [4.69, 9.17) is 9.57 Å². The third-order valence-electron chi connectivity index (χ3n) is 4.85. The zero-order valence-electron chi connectivity index (χ0n) is 13.5. The molecule has 1 saturated carbocycles. The lowest BCUT2D eigenvalue weighted by Crippen LogP contribution is -2.43. The summed E-state index contributed by atoms with van der Waals surface area (Å²) < 4.78 is 18.8. The van der Waals surface area contributed by atoms with Crippen molar-refractivity contribution >= 4 is 11.6 Å². The number of hydrogen-bond acceptors (Lipinski definition) is 4. The molecular weight excluding hydrogens is 311 g/mol. The zero-order valence-corrected chi connectivity index (χ0v) is 13.5. The first kappa shape index (κ1) is 15.6. The summed E-state index contributed by atoms with van der Waals surface area (Å²) in [5.74, 6) is 0.102. The van der Waals surface area contributed by atoms with Crippen LogP contribution in [0.2, 0.25) is 0 Å². The van der Waals surface area contributed by atoms with Crippen LogP contribution in [-0.4, -0.2) is 48.4 Å². The van der Waals surface area contributed by atoms with Gasteiger partial charge in [0.2, 0.25) is 6.10 Å². The maximum Gasteiger partial charge on any atom is 0.267 e. The van der Waals surface area contributed by atoms with Crippen LogP contribution < -0.4 is 0 Å². The minimum absolute atomic E-state index is 0.000414. The van der Waals surface area contributed by atoms with Gasteiger partial charge in [-0.3, -0.25) is 4.79 Å². The second kappa shape index (κ2) is 6.51. The molecule has 0 unspecified atom stereocenters. The molecule has 1 aromatic carbocycles. The Hall–Kier alpha value is -1.95. The Bertz CT molecular complexity index is 653. The van der Waals surface area contributed by atoms with Crippen molar-refractivity contribution in [3.8, 4) is 0 Å². The number of ether oxygens (including phenoxy) is 1. The van der Waals surface area contributed by atoms with E-state index in [1.807, 2.05) is 4.90 Å². The van der Waals surface area contributed by atoms with Gasteiger partial charge in [0.05, 0.1) is 12.3 Å². The van der Waals surface area contributed by atoms with Gasteiger partial charge in [-0.1, -0.05) is 17.3 Å². The SMILES string of the molecule is O=C([C@@H]1CC(c2cccc(F)c2)=NO1)N(C[C@@H]1CCOC1)C1CC1. The first-order valence-corrected chi connectivity index (χ1v) is 8.57. The summed E-state index contributed by atoms with van der Waals surface area (Å²) >= 11 is 0. The maximum absolute atomic E-state index is 13.4. The van der Waals surface area contributed by atoms with E-state index >= 15 is 0 Å². The Morgan fingerprint density at radius 2 is 2.21 bits per heavy atom. The lowest BCUT2D eigenvalue weighted by atomic mass is 10.0. The van der Waals surface area contributed by atoms with Crippen molar-refractivity contribution in [3.63, 3.8) is 0 Å². The molecule has 2 aliphatic heterocycles. The number of amides is 1. The molecule has 0 N–H and O–H groups in total. The van der Waals surface area contributed by atoms with Gasteiger partial charge >= 0.3 is 0 Å². The zero-order chi connectivity index (χ0) is 16.5. The number of oxime groups is 1. The molecule has 0 spiro atoms. The minimum atomic E-state index is -0.591. The fourth-order valence-electron chi connectivity index (χ4n) is 3.34. The number of rotatable bonds is 5. The first-order chi connectivity index (χ1) is 11.7. The third-order valence-corrected chi connectivity index (χ3v) is 4.85. The highest BCUT2D eigenvalue weighted by atomic mass is 19.1. The number of carbonyl (C=O) groups excluding carboxylic acids is 1. The lowest BCUT2D eigenvalue weighted by molar-refractivity contribution is -0.143. The number of hydrogen-bond donors (Lipinski definition) is 0. The molecule has 0 bridgehead atoms. The highest BCUT2D eigenvalue weighted by molar-refractivity contribution is 6.04. The van der Waals surface area contributed by atoms with E-state index < -0.39 is 6.10 Å². The van der Waals surface area contributed by atoms with E-state index in [0.717, 1.165) is 39.0 Å². The van der Waals surface area contributed by atoms with Crippen LogP contribution in [0.3, 0.4) is 0 Å². The van der Waals surface area contributed by atoms with Gasteiger partial charge in [-0.05, 0) is 31.4 Å². The smallest absolute Gasteiger partial charge is 0.267 e. The summed E-state index contributed by atoms with van der Waals surface area (Å²) in [7, 11) is 0. The molecule has 2 fully saturated rings. The summed E-state index contributed by atoms with van der Waals surface area (Å²) in [6.45, 7) is 2.25. The Labute approximate surface area is 140 Å². The van der Waals surface area contributed by atoms with Crippen LogP contribution >= 0.6 is 0 Å². The molecule has 2 atom stereocenters. The lowest BCUT2D eigenvalue weighted by Gasteiger charge is -2.26. The van der Waals surface area contributed by atoms with Gasteiger partial charge in [-0.15, -0.1) is 0 Å². The van der Waals surface area contributed by atoms with E-state index in [9.17, 15) is 9.18 Å². The van der Waals surface area contributed by atoms with Gasteiger partial charge in [0, 0.05) is 37.1 Å². The van der Waals surface area contributed by atoms with Gasteiger partial charge in [0.25, 0.3) is 5.91 Å². The largest absolute Gasteiger partial charge is 0.382 e. The van der Waals surface area contributed by atoms with E-state index in [2.05, 4.69) is 5.16 Å². The van der Waals surface area contributed by atoms with E-state index in [1.165, 1.54) is 12.1 Å². The molecule has 3 aliphatic rings. The molecule has 5 nitrogen and oxygen atoms in total. The number of benzene rings is 1. The molecule has 1 amide bonds. The van der Waals surface area contributed by atoms with Crippen molar-refractivity contribution < 1.29 is 18.8 Å². The Morgan fingerprint density at radius 3 is 2.92 bits per heavy atom. The Kier molecular flexibility index (Phi) is 4.22. The average Bonchev–Trinajstić information content (AvgIpc) is 3.10. The predicted octanol–water partition coefficient (Wildman–Crippen LogP) is 2.35. The fraction of sp³-hybridized carbons (Fsp3) is 0.556. The van der Waals surface area contributed by atoms with E-state index in [0.29, 0.717) is 29.7 Å². The van der Waals surface area contributed by atoms with Crippen molar-refractivity contribution in [2.24, 2.45) is 11.1 Å². The maximum atomic E-state index is 13.4. The summed E-state index contributed by atoms with van der Waals surface area (Å²) in [6, 6.07) is 6.57. The quantitative estimate of drug-likeness (QED) is 0.832. The normalized spacial score (nSPS) is 26.1. The van der Waals surface area contributed by atoms with Crippen LogP contribution in [0, 0.1) is 11.7 Å². The van der Waals surface area contributed by atoms with Crippen LogP contribution in [-0.2, 0) is 14.4 Å². The van der Waals surface area contributed by atoms with Gasteiger partial charge in [0.1, 0.15) is 5.82 Å². The molecule has 2 heterocycles. The number of halogens is 1. The second-order valence-corrected chi connectivity index (χ2v) is 6.80. The molecule has 0 radical (unpaired) electrons. The van der Waals surface area contributed by atoms with Gasteiger partial charge < -0.3 is 14.5 Å². The number of nitrogens with zero attached hydrogens (tertiary/aromatic N) is 2.